The molecule has 1 aliphatic heterocycles. The van der Waals surface area contributed by atoms with E-state index in [0.29, 0.717) is 11.8 Å². The van der Waals surface area contributed by atoms with Gasteiger partial charge in [0.15, 0.2) is 5.76 Å². The highest BCUT2D eigenvalue weighted by Crippen LogP contribution is 2.27. The van der Waals surface area contributed by atoms with Crippen molar-refractivity contribution in [2.24, 2.45) is 0 Å². The molecule has 3 aromatic rings. The molecule has 0 spiro atoms. The number of rotatable bonds is 4. The molecule has 1 saturated heterocycles. The van der Waals surface area contributed by atoms with Crippen molar-refractivity contribution < 1.29 is 9.52 Å². The van der Waals surface area contributed by atoms with Crippen LogP contribution < -0.4 is 10.2 Å². The number of likely N-dealkylation sites (N-methyl/N-ethyl adjacent to an activating group) is 1. The van der Waals surface area contributed by atoms with Crippen LogP contribution in [0.25, 0.3) is 11.3 Å². The molecule has 0 radical (unpaired) electrons. The highest BCUT2D eigenvalue weighted by Gasteiger charge is 2.14. The molecule has 6 nitrogen and oxygen atoms in total. The van der Waals surface area contributed by atoms with Gasteiger partial charge in [0.1, 0.15) is 5.75 Å². The second-order valence-corrected chi connectivity index (χ2v) is 6.54. The van der Waals surface area contributed by atoms with Crippen LogP contribution in [0.4, 0.5) is 17.4 Å². The van der Waals surface area contributed by atoms with Crippen LogP contribution in [0.2, 0.25) is 0 Å². The van der Waals surface area contributed by atoms with Gasteiger partial charge in [0.2, 0.25) is 0 Å². The number of nitrogens with zero attached hydrogens (tertiary/aromatic N) is 3. The van der Waals surface area contributed by atoms with Crippen LogP contribution in [0.15, 0.2) is 59.1 Å². The molecule has 6 heteroatoms. The third kappa shape index (κ3) is 3.65. The molecule has 0 atom stereocenters. The number of phenols is 1. The molecule has 0 amide bonds. The summed E-state index contributed by atoms with van der Waals surface area (Å²) in [6, 6.07) is 15.6. The van der Waals surface area contributed by atoms with Crippen LogP contribution in [0.1, 0.15) is 0 Å². The van der Waals surface area contributed by atoms with E-state index < -0.39 is 0 Å². The van der Waals surface area contributed by atoms with Gasteiger partial charge < -0.3 is 24.6 Å². The van der Waals surface area contributed by atoms with E-state index >= 15 is 0 Å². The summed E-state index contributed by atoms with van der Waals surface area (Å²) in [6.07, 6.45) is 1.65. The number of benzene rings is 2. The molecular formula is C20H22N4O2. The Hall–Kier alpha value is -2.99. The monoisotopic (exact) mass is 350 g/mol. The van der Waals surface area contributed by atoms with Crippen LogP contribution in [-0.2, 0) is 0 Å². The molecule has 1 aromatic heterocycles. The average molecular weight is 350 g/mol. The molecule has 0 bridgehead atoms. The maximum absolute atomic E-state index is 9.58. The Balaban J connectivity index is 1.43. The van der Waals surface area contributed by atoms with Crippen LogP contribution in [0.5, 0.6) is 5.75 Å². The fraction of sp³-hybridized carbons (Fsp3) is 0.250. The van der Waals surface area contributed by atoms with E-state index in [1.165, 1.54) is 5.69 Å². The Morgan fingerprint density at radius 2 is 1.81 bits per heavy atom. The molecule has 0 unspecified atom stereocenters. The van der Waals surface area contributed by atoms with E-state index in [-0.39, 0.29) is 5.75 Å². The molecule has 2 heterocycles. The molecule has 0 saturated carbocycles. The zero-order valence-corrected chi connectivity index (χ0v) is 14.7. The minimum Gasteiger partial charge on any atom is -0.508 e. The van der Waals surface area contributed by atoms with E-state index in [1.54, 1.807) is 24.4 Å². The Bertz CT molecular complexity index is 868. The molecule has 2 aromatic carbocycles. The molecule has 26 heavy (non-hydrogen) atoms. The van der Waals surface area contributed by atoms with Crippen molar-refractivity contribution >= 4 is 17.4 Å². The predicted octanol–water partition coefficient (Wildman–Crippen LogP) is 3.54. The number of hydrogen-bond donors (Lipinski definition) is 2. The fourth-order valence-electron chi connectivity index (χ4n) is 3.07. The van der Waals surface area contributed by atoms with Crippen LogP contribution >= 0.6 is 0 Å². The van der Waals surface area contributed by atoms with Crippen molar-refractivity contribution in [1.82, 2.24) is 9.88 Å². The number of nitrogens with one attached hydrogen (secondary N) is 1. The number of hydrogen-bond acceptors (Lipinski definition) is 6. The summed E-state index contributed by atoms with van der Waals surface area (Å²) >= 11 is 0. The standard InChI is InChI=1S/C20H22N4O2/c1-23-9-11-24(12-10-23)17-7-5-16(6-8-17)22-20-21-14-19(26-20)15-3-2-4-18(25)13-15/h2-8,13-14,25H,9-12H2,1H3,(H,21,22). The number of aromatic nitrogens is 1. The van der Waals surface area contributed by atoms with Gasteiger partial charge in [-0.3, -0.25) is 0 Å². The van der Waals surface area contributed by atoms with Gasteiger partial charge in [-0.15, -0.1) is 0 Å². The Kier molecular flexibility index (Phi) is 4.50. The Morgan fingerprint density at radius 3 is 2.54 bits per heavy atom. The first-order valence-electron chi connectivity index (χ1n) is 8.73. The molecule has 0 aliphatic carbocycles. The second-order valence-electron chi connectivity index (χ2n) is 6.54. The van der Waals surface area contributed by atoms with Gasteiger partial charge in [-0.05, 0) is 43.4 Å². The zero-order valence-electron chi connectivity index (χ0n) is 14.7. The smallest absolute Gasteiger partial charge is 0.299 e. The summed E-state index contributed by atoms with van der Waals surface area (Å²) in [5.74, 6) is 0.811. The summed E-state index contributed by atoms with van der Waals surface area (Å²) in [6.45, 7) is 4.29. The van der Waals surface area contributed by atoms with Crippen molar-refractivity contribution in [3.05, 3.63) is 54.7 Å². The van der Waals surface area contributed by atoms with E-state index in [1.807, 2.05) is 18.2 Å². The zero-order chi connectivity index (χ0) is 17.9. The Morgan fingerprint density at radius 1 is 1.04 bits per heavy atom. The van der Waals surface area contributed by atoms with Gasteiger partial charge >= 0.3 is 0 Å². The van der Waals surface area contributed by atoms with Gasteiger partial charge in [0.05, 0.1) is 6.20 Å². The topological polar surface area (TPSA) is 64.8 Å². The lowest BCUT2D eigenvalue weighted by Crippen LogP contribution is -2.44. The third-order valence-corrected chi connectivity index (χ3v) is 4.62. The number of phenolic OH excluding ortho intramolecular Hbond substituents is 1. The maximum Gasteiger partial charge on any atom is 0.299 e. The van der Waals surface area contributed by atoms with Crippen molar-refractivity contribution in [3.63, 3.8) is 0 Å². The van der Waals surface area contributed by atoms with Gasteiger partial charge in [-0.1, -0.05) is 12.1 Å². The van der Waals surface area contributed by atoms with Crippen LogP contribution in [0, 0.1) is 0 Å². The number of piperazine rings is 1. The van der Waals surface area contributed by atoms with Gasteiger partial charge in [0.25, 0.3) is 6.01 Å². The lowest BCUT2D eigenvalue weighted by Gasteiger charge is -2.34. The highest BCUT2D eigenvalue weighted by atomic mass is 16.4. The molecule has 1 fully saturated rings. The third-order valence-electron chi connectivity index (χ3n) is 4.62. The Labute approximate surface area is 152 Å². The van der Waals surface area contributed by atoms with Gasteiger partial charge in [0, 0.05) is 43.1 Å². The molecule has 134 valence electrons. The van der Waals surface area contributed by atoms with Crippen molar-refractivity contribution in [1.29, 1.82) is 0 Å². The first-order valence-corrected chi connectivity index (χ1v) is 8.73. The van der Waals surface area contributed by atoms with Gasteiger partial charge in [-0.2, -0.15) is 0 Å². The predicted molar refractivity (Wildman–Crippen MR) is 103 cm³/mol. The normalized spacial score (nSPS) is 15.2. The lowest BCUT2D eigenvalue weighted by molar-refractivity contribution is 0.313. The minimum atomic E-state index is 0.202. The van der Waals surface area contributed by atoms with Gasteiger partial charge in [-0.25, -0.2) is 4.98 Å². The van der Waals surface area contributed by atoms with E-state index in [9.17, 15) is 5.11 Å². The second kappa shape index (κ2) is 7.09. The minimum absolute atomic E-state index is 0.202. The quantitative estimate of drug-likeness (QED) is 0.750. The largest absolute Gasteiger partial charge is 0.508 e. The summed E-state index contributed by atoms with van der Waals surface area (Å²) < 4.78 is 5.74. The van der Waals surface area contributed by atoms with Crippen LogP contribution in [-0.4, -0.2) is 48.2 Å². The molecule has 4 rings (SSSR count). The number of aromatic hydroxyl groups is 1. The van der Waals surface area contributed by atoms with E-state index in [2.05, 4.69) is 39.3 Å². The summed E-state index contributed by atoms with van der Waals surface area (Å²) in [4.78, 5) is 9.01. The SMILES string of the molecule is CN1CCN(c2ccc(Nc3ncc(-c4cccc(O)c4)o3)cc2)CC1. The molecule has 1 aliphatic rings. The highest BCUT2D eigenvalue weighted by molar-refractivity contribution is 5.62. The number of anilines is 3. The summed E-state index contributed by atoms with van der Waals surface area (Å²) in [5.41, 5.74) is 2.94. The first-order chi connectivity index (χ1) is 12.7. The first kappa shape index (κ1) is 16.5. The van der Waals surface area contributed by atoms with Crippen LogP contribution in [0.3, 0.4) is 0 Å². The fourth-order valence-corrected chi connectivity index (χ4v) is 3.07. The molecule has 2 N–H and O–H groups in total. The summed E-state index contributed by atoms with van der Waals surface area (Å²) in [7, 11) is 2.16. The maximum atomic E-state index is 9.58. The lowest BCUT2D eigenvalue weighted by atomic mass is 10.2. The summed E-state index contributed by atoms with van der Waals surface area (Å²) in [5, 5.41) is 12.8. The molecular weight excluding hydrogens is 328 g/mol. The van der Waals surface area contributed by atoms with Crippen molar-refractivity contribution in [2.45, 2.75) is 0 Å². The van der Waals surface area contributed by atoms with Crippen molar-refractivity contribution in [3.8, 4) is 17.1 Å². The van der Waals surface area contributed by atoms with Crippen molar-refractivity contribution in [2.75, 3.05) is 43.4 Å². The number of oxazole rings is 1. The average Bonchev–Trinajstić information content (AvgIpc) is 3.12. The van der Waals surface area contributed by atoms with E-state index in [0.717, 1.165) is 37.4 Å². The van der Waals surface area contributed by atoms with E-state index in [4.69, 9.17) is 4.42 Å².